The van der Waals surface area contributed by atoms with Crippen molar-refractivity contribution in [1.29, 1.82) is 0 Å². The van der Waals surface area contributed by atoms with Crippen LogP contribution in [0, 0.1) is 0 Å². The van der Waals surface area contributed by atoms with E-state index in [9.17, 15) is 38.4 Å². The minimum absolute atomic E-state index is 0.101. The Kier molecular flexibility index (Phi) is 37.6. The first-order chi connectivity index (χ1) is 42.0. The van der Waals surface area contributed by atoms with Gasteiger partial charge in [0.25, 0.3) is 0 Å². The lowest BCUT2D eigenvalue weighted by Gasteiger charge is -2.30. The highest BCUT2D eigenvalue weighted by molar-refractivity contribution is 5.92. The third kappa shape index (κ3) is 22.8. The topological polar surface area (TPSA) is 235 Å². The van der Waals surface area contributed by atoms with Gasteiger partial charge in [0.05, 0.1) is 52.6 Å². The lowest BCUT2D eigenvalue weighted by atomic mass is 10.1. The monoisotopic (exact) mass is 1230 g/mol. The van der Waals surface area contributed by atoms with E-state index in [1.54, 1.807) is 75.7 Å². The van der Waals surface area contributed by atoms with Crippen LogP contribution in [0.4, 0.5) is 0 Å². The van der Waals surface area contributed by atoms with Gasteiger partial charge in [-0.2, -0.15) is 0 Å². The summed E-state index contributed by atoms with van der Waals surface area (Å²) < 4.78 is 21.6. The van der Waals surface area contributed by atoms with E-state index in [2.05, 4.69) is 75.3 Å². The third-order valence-corrected chi connectivity index (χ3v) is 15.3. The third-order valence-electron chi connectivity index (χ3n) is 15.3. The molecule has 8 atom stereocenters. The zero-order chi connectivity index (χ0) is 66.8. The SMILES string of the molecule is C=C1C=C(OC)C(CCC)N1C(=O)C(CCC)NC(=O)CC.C=C1C=C(OC)[C@@H](CCC)N1C(=O)[C@@H](CCC)NC(=O)CC.C=C1C=C(OC)[C@@H](CCC)N1C(=O)[C@H](CCC)NC(=O)CC.C=C1C=C(OC)[C@H](CCC)N1C(=O)[C@@H](CCC)NC(=O)CC. The van der Waals surface area contributed by atoms with E-state index in [-0.39, 0.29) is 71.4 Å². The van der Waals surface area contributed by atoms with Gasteiger partial charge >= 0.3 is 0 Å². The van der Waals surface area contributed by atoms with Crippen LogP contribution >= 0.6 is 0 Å². The highest BCUT2D eigenvalue weighted by Crippen LogP contribution is 2.34. The molecule has 4 N–H and O–H groups in total. The van der Waals surface area contributed by atoms with Crippen LogP contribution in [0.5, 0.6) is 0 Å². The Bertz CT molecular complexity index is 2160. The van der Waals surface area contributed by atoms with E-state index >= 15 is 0 Å². The maximum absolute atomic E-state index is 12.9. The summed E-state index contributed by atoms with van der Waals surface area (Å²) in [4.78, 5) is 105. The number of carbonyl (C=O) groups excluding carboxylic acids is 8. The molecule has 0 saturated heterocycles. The Morgan fingerprint density at radius 3 is 0.636 bits per heavy atom. The molecule has 0 spiro atoms. The number of hydrogen-bond acceptors (Lipinski definition) is 12. The Morgan fingerprint density at radius 1 is 0.341 bits per heavy atom. The van der Waals surface area contributed by atoms with Crippen molar-refractivity contribution in [3.63, 3.8) is 0 Å². The number of hydrogen-bond donors (Lipinski definition) is 4. The predicted octanol–water partition coefficient (Wildman–Crippen LogP) is 10.9. The summed E-state index contributed by atoms with van der Waals surface area (Å²) in [6.45, 7) is 39.3. The second kappa shape index (κ2) is 41.9. The number of amides is 8. The van der Waals surface area contributed by atoms with Gasteiger partial charge in [0.15, 0.2) is 0 Å². The highest BCUT2D eigenvalue weighted by Gasteiger charge is 2.41. The maximum atomic E-state index is 12.9. The minimum atomic E-state index is -0.502. The summed E-state index contributed by atoms with van der Waals surface area (Å²) in [5.74, 6) is 2.21. The highest BCUT2D eigenvalue weighted by atomic mass is 16.5. The molecular weight excluding hydrogens is 1120 g/mol. The maximum Gasteiger partial charge on any atom is 0.250 e. The summed E-state index contributed by atoms with van der Waals surface area (Å²) >= 11 is 0. The van der Waals surface area contributed by atoms with Gasteiger partial charge in [0.1, 0.15) is 47.2 Å². The molecule has 0 saturated carbocycles. The molecule has 4 aliphatic rings. The summed E-state index contributed by atoms with van der Waals surface area (Å²) in [7, 11) is 6.44. The fraction of sp³-hybridized carbons (Fsp3) is 0.647. The van der Waals surface area contributed by atoms with Crippen molar-refractivity contribution in [1.82, 2.24) is 40.9 Å². The molecule has 88 heavy (non-hydrogen) atoms. The van der Waals surface area contributed by atoms with E-state index in [1.165, 1.54) is 0 Å². The molecule has 2 unspecified atom stereocenters. The first-order valence-electron chi connectivity index (χ1n) is 32.3. The van der Waals surface area contributed by atoms with Gasteiger partial charge < -0.3 is 59.8 Å². The first kappa shape index (κ1) is 78.9. The fourth-order valence-corrected chi connectivity index (χ4v) is 10.8. The van der Waals surface area contributed by atoms with E-state index in [0.29, 0.717) is 74.2 Å². The van der Waals surface area contributed by atoms with Crippen molar-refractivity contribution in [2.24, 2.45) is 0 Å². The van der Waals surface area contributed by atoms with Crippen molar-refractivity contribution in [2.75, 3.05) is 28.4 Å². The summed E-state index contributed by atoms with van der Waals surface area (Å²) in [5.41, 5.74) is 2.53. The second-order valence-electron chi connectivity index (χ2n) is 22.1. The number of nitrogens with one attached hydrogen (secondary N) is 4. The minimum Gasteiger partial charge on any atom is -0.499 e. The lowest BCUT2D eigenvalue weighted by molar-refractivity contribution is -0.136. The van der Waals surface area contributed by atoms with Crippen LogP contribution in [0.25, 0.3) is 0 Å². The largest absolute Gasteiger partial charge is 0.499 e. The lowest BCUT2D eigenvalue weighted by Crippen LogP contribution is -2.50. The van der Waals surface area contributed by atoms with Gasteiger partial charge in [-0.05, 0) is 51.4 Å². The molecule has 0 fully saturated rings. The van der Waals surface area contributed by atoms with E-state index in [1.807, 2.05) is 52.0 Å². The van der Waals surface area contributed by atoms with Crippen LogP contribution in [0.3, 0.4) is 0 Å². The normalized spacial score (nSPS) is 18.9. The number of nitrogens with zero attached hydrogens (tertiary/aromatic N) is 4. The van der Waals surface area contributed by atoms with Gasteiger partial charge in [0, 0.05) is 72.8 Å². The van der Waals surface area contributed by atoms with Crippen molar-refractivity contribution in [3.05, 3.63) is 96.4 Å². The second-order valence-corrected chi connectivity index (χ2v) is 22.1. The Balaban J connectivity index is 0.000000587. The number of methoxy groups -OCH3 is 4. The van der Waals surface area contributed by atoms with Crippen molar-refractivity contribution in [2.45, 2.75) is 260 Å². The average Bonchev–Trinajstić information content (AvgIpc) is 3.87. The quantitative estimate of drug-likeness (QED) is 0.0492. The van der Waals surface area contributed by atoms with Gasteiger partial charge in [0.2, 0.25) is 47.3 Å². The fourth-order valence-electron chi connectivity index (χ4n) is 10.8. The summed E-state index contributed by atoms with van der Waals surface area (Å²) in [6, 6.07) is -2.48. The number of ether oxygens (including phenoxy) is 4. The molecule has 0 bridgehead atoms. The molecule has 20 nitrogen and oxygen atoms in total. The average molecular weight is 1230 g/mol. The molecule has 0 aliphatic carbocycles. The van der Waals surface area contributed by atoms with Crippen LogP contribution < -0.4 is 21.3 Å². The van der Waals surface area contributed by atoms with Crippen molar-refractivity contribution < 1.29 is 57.3 Å². The van der Waals surface area contributed by atoms with E-state index < -0.39 is 24.2 Å². The molecule has 4 aliphatic heterocycles. The Hall–Kier alpha value is -7.12. The van der Waals surface area contributed by atoms with Crippen molar-refractivity contribution >= 4 is 47.3 Å². The van der Waals surface area contributed by atoms with E-state index in [4.69, 9.17) is 18.9 Å². The molecule has 0 radical (unpaired) electrons. The molecule has 20 heteroatoms. The van der Waals surface area contributed by atoms with Gasteiger partial charge in [-0.3, -0.25) is 38.4 Å². The smallest absolute Gasteiger partial charge is 0.250 e. The molecule has 0 aromatic heterocycles. The molecule has 0 aromatic rings. The number of allylic oxidation sites excluding steroid dienone is 4. The summed E-state index contributed by atoms with van der Waals surface area (Å²) in [6.07, 6.45) is 21.5. The number of rotatable bonds is 32. The zero-order valence-corrected chi connectivity index (χ0v) is 56.6. The van der Waals surface area contributed by atoms with Crippen LogP contribution in [0.15, 0.2) is 96.4 Å². The Labute approximate surface area is 528 Å². The molecular formula is C68H112N8O12. The molecule has 496 valence electrons. The molecule has 4 rings (SSSR count). The van der Waals surface area contributed by atoms with Gasteiger partial charge in [-0.15, -0.1) is 0 Å². The molecule has 4 heterocycles. The predicted molar refractivity (Wildman–Crippen MR) is 348 cm³/mol. The van der Waals surface area contributed by atoms with Crippen LogP contribution in [0.1, 0.15) is 212 Å². The van der Waals surface area contributed by atoms with Crippen LogP contribution in [-0.4, -0.2) is 144 Å². The van der Waals surface area contributed by atoms with Crippen LogP contribution in [0.2, 0.25) is 0 Å². The number of carbonyl (C=O) groups is 8. The molecule has 8 amide bonds. The van der Waals surface area contributed by atoms with Crippen molar-refractivity contribution in [3.8, 4) is 0 Å². The van der Waals surface area contributed by atoms with Gasteiger partial charge in [-0.25, -0.2) is 0 Å². The van der Waals surface area contributed by atoms with E-state index in [0.717, 1.165) is 100 Å². The van der Waals surface area contributed by atoms with Crippen LogP contribution in [-0.2, 0) is 57.3 Å². The Morgan fingerprint density at radius 2 is 0.511 bits per heavy atom. The standard InChI is InChI=1S/4C17H28N2O3/c4*1-6-9-13(18-16(20)8-3)17(21)19-12(4)11-15(22-5)14(19)10-7-2/h4*11,13-14H,4,6-10H2,1-3,5H3,(H,18,20)/t2*13-,14+;13-,14-;/m101./s1. The molecule has 0 aromatic carbocycles. The zero-order valence-electron chi connectivity index (χ0n) is 56.6. The van der Waals surface area contributed by atoms with Gasteiger partial charge in [-0.1, -0.05) is 161 Å². The first-order valence-corrected chi connectivity index (χ1v) is 32.3. The summed E-state index contributed by atoms with van der Waals surface area (Å²) in [5, 5.41) is 11.3.